The Morgan fingerprint density at radius 2 is 1.84 bits per heavy atom. The number of aliphatic carboxylic acids is 1. The van der Waals surface area contributed by atoms with Gasteiger partial charge in [-0.3, -0.25) is 4.79 Å². The van der Waals surface area contributed by atoms with E-state index in [4.69, 9.17) is 17.0 Å². The molecule has 1 N–H and O–H groups in total. The van der Waals surface area contributed by atoms with Crippen molar-refractivity contribution in [3.05, 3.63) is 64.8 Å². The molecule has 0 aliphatic heterocycles. The highest BCUT2D eigenvalue weighted by atomic mass is 32.1. The van der Waals surface area contributed by atoms with Crippen molar-refractivity contribution in [2.75, 3.05) is 7.11 Å². The second-order valence-corrected chi connectivity index (χ2v) is 6.41. The summed E-state index contributed by atoms with van der Waals surface area (Å²) in [5.41, 5.74) is 4.59. The molecule has 3 rings (SSSR count). The summed E-state index contributed by atoms with van der Waals surface area (Å²) in [6.45, 7) is 3.94. The van der Waals surface area contributed by atoms with E-state index in [-0.39, 0.29) is 6.42 Å². The van der Waals surface area contributed by atoms with Gasteiger partial charge in [-0.25, -0.2) is 0 Å². The molecule has 0 amide bonds. The van der Waals surface area contributed by atoms with Crippen molar-refractivity contribution in [2.45, 2.75) is 20.3 Å². The summed E-state index contributed by atoms with van der Waals surface area (Å²) in [5.74, 6) is -0.177. The quantitative estimate of drug-likeness (QED) is 0.717. The van der Waals surface area contributed by atoms with Crippen molar-refractivity contribution in [3.63, 3.8) is 0 Å². The standard InChI is InChI=1S/C20H19NO3S/c1-12-4-6-14(7-5-12)20(25)21-13(2)16(11-19(22)23)17-10-15(24-3)8-9-18(17)21/h4-10H,11H2,1-3H3,(H,22,23). The van der Waals surface area contributed by atoms with Crippen LogP contribution in [0.25, 0.3) is 10.9 Å². The third-order valence-electron chi connectivity index (χ3n) is 4.37. The average Bonchev–Trinajstić information content (AvgIpc) is 2.86. The fourth-order valence-electron chi connectivity index (χ4n) is 3.05. The van der Waals surface area contributed by atoms with Crippen LogP contribution in [0.1, 0.15) is 22.4 Å². The number of ether oxygens (including phenoxy) is 1. The van der Waals surface area contributed by atoms with Crippen molar-refractivity contribution in [3.8, 4) is 5.75 Å². The Balaban J connectivity index is 2.23. The van der Waals surface area contributed by atoms with Crippen LogP contribution in [0.3, 0.4) is 0 Å². The molecule has 0 saturated heterocycles. The first-order valence-corrected chi connectivity index (χ1v) is 8.34. The molecule has 0 atom stereocenters. The minimum absolute atomic E-state index is 0.0565. The zero-order valence-electron chi connectivity index (χ0n) is 14.4. The molecule has 0 unspecified atom stereocenters. The lowest BCUT2D eigenvalue weighted by atomic mass is 10.1. The van der Waals surface area contributed by atoms with Crippen molar-refractivity contribution in [1.82, 2.24) is 4.57 Å². The minimum Gasteiger partial charge on any atom is -0.497 e. The molecule has 0 aliphatic rings. The Morgan fingerprint density at radius 1 is 1.16 bits per heavy atom. The van der Waals surface area contributed by atoms with Gasteiger partial charge in [-0.2, -0.15) is 0 Å². The molecule has 0 radical (unpaired) electrons. The number of aryl methyl sites for hydroxylation is 1. The largest absolute Gasteiger partial charge is 0.497 e. The highest BCUT2D eigenvalue weighted by Crippen LogP contribution is 2.31. The smallest absolute Gasteiger partial charge is 0.307 e. The predicted molar refractivity (Wildman–Crippen MR) is 103 cm³/mol. The van der Waals surface area contributed by atoms with E-state index in [0.29, 0.717) is 10.7 Å². The zero-order chi connectivity index (χ0) is 18.1. The number of fused-ring (bicyclic) bond motifs is 1. The van der Waals surface area contributed by atoms with Crippen LogP contribution in [0.5, 0.6) is 5.75 Å². The number of nitrogens with zero attached hydrogens (tertiary/aromatic N) is 1. The van der Waals surface area contributed by atoms with Crippen molar-refractivity contribution in [2.24, 2.45) is 0 Å². The Kier molecular flexibility index (Phi) is 4.59. The summed E-state index contributed by atoms with van der Waals surface area (Å²) in [4.78, 5) is 12.0. The van der Waals surface area contributed by atoms with Crippen LogP contribution in [-0.4, -0.2) is 27.7 Å². The summed E-state index contributed by atoms with van der Waals surface area (Å²) in [6.07, 6.45) is -0.0565. The van der Waals surface area contributed by atoms with Gasteiger partial charge in [0, 0.05) is 16.6 Å². The van der Waals surface area contributed by atoms with E-state index in [1.165, 1.54) is 0 Å². The van der Waals surface area contributed by atoms with Crippen LogP contribution < -0.4 is 4.74 Å². The molecule has 4 nitrogen and oxygen atoms in total. The van der Waals surface area contributed by atoms with Gasteiger partial charge in [-0.15, -0.1) is 0 Å². The summed E-state index contributed by atoms with van der Waals surface area (Å²) in [7, 11) is 1.60. The molecule has 0 saturated carbocycles. The lowest BCUT2D eigenvalue weighted by Crippen LogP contribution is -2.13. The molecular formula is C20H19NO3S. The molecule has 2 aromatic carbocycles. The Hall–Kier alpha value is -2.66. The molecular weight excluding hydrogens is 334 g/mol. The van der Waals surface area contributed by atoms with Gasteiger partial charge in [0.1, 0.15) is 10.7 Å². The number of thiocarbonyl (C=S) groups is 1. The van der Waals surface area contributed by atoms with Crippen LogP contribution in [0.15, 0.2) is 42.5 Å². The SMILES string of the molecule is COc1ccc2c(c1)c(CC(=O)O)c(C)n2C(=S)c1ccc(C)cc1. The minimum atomic E-state index is -0.869. The highest BCUT2D eigenvalue weighted by Gasteiger charge is 2.19. The summed E-state index contributed by atoms with van der Waals surface area (Å²) < 4.78 is 7.25. The van der Waals surface area contributed by atoms with Gasteiger partial charge in [0.05, 0.1) is 19.0 Å². The number of aromatic nitrogens is 1. The Labute approximate surface area is 151 Å². The van der Waals surface area contributed by atoms with Crippen LogP contribution in [-0.2, 0) is 11.2 Å². The maximum Gasteiger partial charge on any atom is 0.307 e. The second-order valence-electron chi connectivity index (χ2n) is 6.02. The van der Waals surface area contributed by atoms with Crippen molar-refractivity contribution >= 4 is 34.1 Å². The summed E-state index contributed by atoms with van der Waals surface area (Å²) in [6, 6.07) is 13.7. The Morgan fingerprint density at radius 3 is 2.44 bits per heavy atom. The van der Waals surface area contributed by atoms with Crippen LogP contribution in [0.4, 0.5) is 0 Å². The lowest BCUT2D eigenvalue weighted by molar-refractivity contribution is -0.136. The van der Waals surface area contributed by atoms with Crippen molar-refractivity contribution < 1.29 is 14.6 Å². The van der Waals surface area contributed by atoms with Crippen molar-refractivity contribution in [1.29, 1.82) is 0 Å². The number of benzene rings is 2. The van der Waals surface area contributed by atoms with Gasteiger partial charge in [0.15, 0.2) is 0 Å². The normalized spacial score (nSPS) is 10.8. The molecule has 128 valence electrons. The molecule has 0 bridgehead atoms. The van der Waals surface area contributed by atoms with E-state index in [0.717, 1.165) is 33.3 Å². The molecule has 0 fully saturated rings. The van der Waals surface area contributed by atoms with E-state index < -0.39 is 5.97 Å². The van der Waals surface area contributed by atoms with E-state index in [9.17, 15) is 9.90 Å². The van der Waals surface area contributed by atoms with Gasteiger partial charge in [-0.1, -0.05) is 42.0 Å². The van der Waals surface area contributed by atoms with E-state index in [1.807, 2.05) is 60.9 Å². The van der Waals surface area contributed by atoms with E-state index in [2.05, 4.69) is 0 Å². The van der Waals surface area contributed by atoms with E-state index >= 15 is 0 Å². The van der Waals surface area contributed by atoms with Gasteiger partial charge in [-0.05, 0) is 37.6 Å². The predicted octanol–water partition coefficient (Wildman–Crippen LogP) is 4.12. The molecule has 3 aromatic rings. The fraction of sp³-hybridized carbons (Fsp3) is 0.200. The average molecular weight is 353 g/mol. The first-order chi connectivity index (χ1) is 11.9. The van der Waals surface area contributed by atoms with Crippen LogP contribution in [0, 0.1) is 13.8 Å². The first-order valence-electron chi connectivity index (χ1n) is 7.93. The highest BCUT2D eigenvalue weighted by molar-refractivity contribution is 7.80. The second kappa shape index (κ2) is 6.69. The molecule has 5 heteroatoms. The topological polar surface area (TPSA) is 51.5 Å². The molecule has 25 heavy (non-hydrogen) atoms. The molecule has 0 aliphatic carbocycles. The molecule has 1 aromatic heterocycles. The number of rotatable bonds is 4. The first kappa shape index (κ1) is 17.2. The van der Waals surface area contributed by atoms with Gasteiger partial charge in [0.2, 0.25) is 0 Å². The maximum atomic E-state index is 11.3. The fourth-order valence-corrected chi connectivity index (χ4v) is 3.42. The summed E-state index contributed by atoms with van der Waals surface area (Å²) in [5, 5.41) is 10.2. The number of carboxylic acids is 1. The number of hydrogen-bond acceptors (Lipinski definition) is 3. The lowest BCUT2D eigenvalue weighted by Gasteiger charge is -2.11. The van der Waals surface area contributed by atoms with Gasteiger partial charge >= 0.3 is 5.97 Å². The zero-order valence-corrected chi connectivity index (χ0v) is 15.2. The van der Waals surface area contributed by atoms with Crippen LogP contribution >= 0.6 is 12.2 Å². The molecule has 1 heterocycles. The number of carbonyl (C=O) groups is 1. The van der Waals surface area contributed by atoms with Gasteiger partial charge < -0.3 is 14.4 Å². The van der Waals surface area contributed by atoms with E-state index in [1.54, 1.807) is 7.11 Å². The van der Waals surface area contributed by atoms with Crippen LogP contribution in [0.2, 0.25) is 0 Å². The third-order valence-corrected chi connectivity index (χ3v) is 4.79. The third kappa shape index (κ3) is 3.15. The Bertz CT molecular complexity index is 971. The monoisotopic (exact) mass is 353 g/mol. The van der Waals surface area contributed by atoms with Gasteiger partial charge in [0.25, 0.3) is 0 Å². The maximum absolute atomic E-state index is 11.3. The number of hydrogen-bond donors (Lipinski definition) is 1. The summed E-state index contributed by atoms with van der Waals surface area (Å²) >= 11 is 5.72. The number of carboxylic acid groups (broad SMARTS) is 1. The molecule has 0 spiro atoms. The number of methoxy groups -OCH3 is 1.